The molecule has 3 heterocycles. The van der Waals surface area contributed by atoms with Crippen molar-refractivity contribution in [2.75, 3.05) is 46.4 Å². The predicted octanol–water partition coefficient (Wildman–Crippen LogP) is 2.63. The number of morpholine rings is 1. The fourth-order valence-electron chi connectivity index (χ4n) is 3.86. The summed E-state index contributed by atoms with van der Waals surface area (Å²) in [4.78, 5) is 20.8. The molecule has 31 heavy (non-hydrogen) atoms. The molecule has 0 spiro atoms. The summed E-state index contributed by atoms with van der Waals surface area (Å²) in [7, 11) is 3.74. The van der Waals surface area contributed by atoms with Crippen LogP contribution >= 0.6 is 24.0 Å². The van der Waals surface area contributed by atoms with E-state index in [1.54, 1.807) is 4.68 Å². The lowest BCUT2D eigenvalue weighted by Crippen LogP contribution is -2.50. The van der Waals surface area contributed by atoms with Crippen LogP contribution in [0.2, 0.25) is 0 Å². The monoisotopic (exact) mass is 548 g/mol. The van der Waals surface area contributed by atoms with E-state index in [-0.39, 0.29) is 36.2 Å². The minimum Gasteiger partial charge on any atom is -0.444 e. The molecule has 176 valence electrons. The molecule has 0 aliphatic carbocycles. The molecule has 10 heteroatoms. The van der Waals surface area contributed by atoms with Gasteiger partial charge in [0.25, 0.3) is 0 Å². The summed E-state index contributed by atoms with van der Waals surface area (Å²) in [6.07, 6.45) is 5.59. The zero-order valence-electron chi connectivity index (χ0n) is 19.3. The van der Waals surface area contributed by atoms with Crippen LogP contribution in [0.25, 0.3) is 0 Å². The summed E-state index contributed by atoms with van der Waals surface area (Å²) in [6, 6.07) is 0. The van der Waals surface area contributed by atoms with Crippen molar-refractivity contribution in [3.05, 3.63) is 18.0 Å². The fourth-order valence-corrected chi connectivity index (χ4v) is 3.86. The van der Waals surface area contributed by atoms with Gasteiger partial charge in [0.05, 0.1) is 19.3 Å². The van der Waals surface area contributed by atoms with Crippen molar-refractivity contribution in [1.29, 1.82) is 0 Å². The van der Waals surface area contributed by atoms with E-state index in [0.717, 1.165) is 57.1 Å². The number of likely N-dealkylation sites (tertiary alicyclic amines) is 1. The van der Waals surface area contributed by atoms with Gasteiger partial charge in [-0.15, -0.1) is 24.0 Å². The molecule has 2 aliphatic heterocycles. The fraction of sp³-hybridized carbons (Fsp3) is 0.762. The van der Waals surface area contributed by atoms with Crippen molar-refractivity contribution in [2.24, 2.45) is 18.0 Å². The number of amides is 1. The number of aromatic nitrogens is 2. The van der Waals surface area contributed by atoms with Crippen LogP contribution in [-0.2, 0) is 16.5 Å². The van der Waals surface area contributed by atoms with Crippen LogP contribution in [0, 0.1) is 5.92 Å². The van der Waals surface area contributed by atoms with Gasteiger partial charge in [0, 0.05) is 52.0 Å². The van der Waals surface area contributed by atoms with Crippen molar-refractivity contribution >= 4 is 36.0 Å². The number of carbonyl (C=O) groups is 1. The van der Waals surface area contributed by atoms with Crippen LogP contribution in [-0.4, -0.2) is 83.6 Å². The Morgan fingerprint density at radius 1 is 1.29 bits per heavy atom. The molecule has 1 aromatic heterocycles. The van der Waals surface area contributed by atoms with Crippen LogP contribution in [0.15, 0.2) is 17.4 Å². The van der Waals surface area contributed by atoms with Crippen LogP contribution < -0.4 is 5.32 Å². The Kier molecular flexibility index (Phi) is 9.41. The molecule has 1 atom stereocenters. The SMILES string of the molecule is CN=C(NCC1CCN(C(=O)OC(C)(C)C)CC1)N1CCOC(c2cnn(C)c2)C1.I. The number of halogens is 1. The summed E-state index contributed by atoms with van der Waals surface area (Å²) in [5, 5.41) is 7.79. The summed E-state index contributed by atoms with van der Waals surface area (Å²) in [5.74, 6) is 1.41. The van der Waals surface area contributed by atoms with Crippen molar-refractivity contribution in [3.8, 4) is 0 Å². The number of aryl methyl sites for hydroxylation is 1. The molecule has 2 fully saturated rings. The highest BCUT2D eigenvalue weighted by atomic mass is 127. The average Bonchev–Trinajstić information content (AvgIpc) is 3.14. The normalized spacial score (nSPS) is 20.9. The number of aliphatic imine (C=N–C) groups is 1. The van der Waals surface area contributed by atoms with Gasteiger partial charge in [-0.2, -0.15) is 5.10 Å². The van der Waals surface area contributed by atoms with Crippen molar-refractivity contribution in [1.82, 2.24) is 24.9 Å². The third kappa shape index (κ3) is 7.51. The summed E-state index contributed by atoms with van der Waals surface area (Å²) in [5.41, 5.74) is 0.639. The zero-order valence-corrected chi connectivity index (χ0v) is 21.7. The van der Waals surface area contributed by atoms with Gasteiger partial charge in [0.15, 0.2) is 5.96 Å². The molecule has 1 N–H and O–H groups in total. The van der Waals surface area contributed by atoms with Crippen LogP contribution in [0.3, 0.4) is 0 Å². The van der Waals surface area contributed by atoms with Gasteiger partial charge in [-0.25, -0.2) is 4.79 Å². The van der Waals surface area contributed by atoms with E-state index in [9.17, 15) is 4.79 Å². The highest BCUT2D eigenvalue weighted by Gasteiger charge is 2.28. The standard InChI is InChI=1S/C21H36N6O3.HI/c1-21(2,3)30-20(28)26-8-6-16(7-9-26)12-23-19(22-4)27-10-11-29-18(15-27)17-13-24-25(5)14-17;/h13-14,16,18H,6-12,15H2,1-5H3,(H,22,23);1H. The lowest BCUT2D eigenvalue weighted by Gasteiger charge is -2.36. The number of ether oxygens (including phenoxy) is 2. The molecule has 9 nitrogen and oxygen atoms in total. The Morgan fingerprint density at radius 2 is 2.00 bits per heavy atom. The van der Waals surface area contributed by atoms with Gasteiger partial charge in [-0.1, -0.05) is 0 Å². The Labute approximate surface area is 202 Å². The molecule has 3 rings (SSSR count). The quantitative estimate of drug-likeness (QED) is 0.356. The molecule has 2 saturated heterocycles. The molecule has 1 aromatic rings. The van der Waals surface area contributed by atoms with E-state index >= 15 is 0 Å². The third-order valence-corrected chi connectivity index (χ3v) is 5.49. The Morgan fingerprint density at radius 3 is 2.58 bits per heavy atom. The van der Waals surface area contributed by atoms with Crippen molar-refractivity contribution in [3.63, 3.8) is 0 Å². The molecule has 0 aromatic carbocycles. The molecule has 0 saturated carbocycles. The third-order valence-electron chi connectivity index (χ3n) is 5.49. The number of nitrogens with zero attached hydrogens (tertiary/aromatic N) is 5. The van der Waals surface area contributed by atoms with E-state index in [2.05, 4.69) is 20.3 Å². The largest absolute Gasteiger partial charge is 0.444 e. The van der Waals surface area contributed by atoms with E-state index in [4.69, 9.17) is 9.47 Å². The molecular weight excluding hydrogens is 511 g/mol. The average molecular weight is 548 g/mol. The topological polar surface area (TPSA) is 84.2 Å². The first-order valence-corrected chi connectivity index (χ1v) is 10.8. The minimum absolute atomic E-state index is 0. The number of piperidine rings is 1. The molecule has 0 bridgehead atoms. The molecule has 1 unspecified atom stereocenters. The first-order valence-electron chi connectivity index (χ1n) is 10.8. The van der Waals surface area contributed by atoms with Crippen molar-refractivity contribution in [2.45, 2.75) is 45.3 Å². The van der Waals surface area contributed by atoms with Crippen LogP contribution in [0.5, 0.6) is 0 Å². The lowest BCUT2D eigenvalue weighted by molar-refractivity contribution is -0.00814. The maximum absolute atomic E-state index is 12.2. The Balaban J connectivity index is 0.00000341. The number of hydrogen-bond acceptors (Lipinski definition) is 5. The minimum atomic E-state index is -0.451. The van der Waals surface area contributed by atoms with Crippen LogP contribution in [0.4, 0.5) is 4.79 Å². The number of hydrogen-bond donors (Lipinski definition) is 1. The lowest BCUT2D eigenvalue weighted by atomic mass is 9.97. The van der Waals surface area contributed by atoms with Gasteiger partial charge in [0.1, 0.15) is 11.7 Å². The van der Waals surface area contributed by atoms with Crippen LogP contribution in [0.1, 0.15) is 45.3 Å². The number of nitrogens with one attached hydrogen (secondary N) is 1. The molecule has 0 radical (unpaired) electrons. The maximum Gasteiger partial charge on any atom is 0.410 e. The highest BCUT2D eigenvalue weighted by Crippen LogP contribution is 2.22. The first kappa shape index (κ1) is 25.7. The van der Waals surface area contributed by atoms with Gasteiger partial charge < -0.3 is 24.6 Å². The second kappa shape index (κ2) is 11.3. The van der Waals surface area contributed by atoms with Gasteiger partial charge >= 0.3 is 6.09 Å². The van der Waals surface area contributed by atoms with Gasteiger partial charge in [-0.3, -0.25) is 9.67 Å². The number of carbonyl (C=O) groups excluding carboxylic acids is 1. The Hall–Kier alpha value is -1.56. The number of guanidine groups is 1. The predicted molar refractivity (Wildman–Crippen MR) is 131 cm³/mol. The van der Waals surface area contributed by atoms with Crippen molar-refractivity contribution < 1.29 is 14.3 Å². The van der Waals surface area contributed by atoms with Gasteiger partial charge in [-0.05, 0) is 39.5 Å². The second-order valence-corrected chi connectivity index (χ2v) is 9.09. The maximum atomic E-state index is 12.2. The van der Waals surface area contributed by atoms with E-state index < -0.39 is 5.60 Å². The summed E-state index contributed by atoms with van der Waals surface area (Å²) < 4.78 is 13.2. The van der Waals surface area contributed by atoms with E-state index in [1.807, 2.05) is 52.2 Å². The van der Waals surface area contributed by atoms with Gasteiger partial charge in [0.2, 0.25) is 0 Å². The summed E-state index contributed by atoms with van der Waals surface area (Å²) in [6.45, 7) is 10.3. The second-order valence-electron chi connectivity index (χ2n) is 9.09. The highest BCUT2D eigenvalue weighted by molar-refractivity contribution is 14.0. The molecule has 1 amide bonds. The Bertz CT molecular complexity index is 740. The smallest absolute Gasteiger partial charge is 0.410 e. The van der Waals surface area contributed by atoms with E-state index in [0.29, 0.717) is 12.5 Å². The zero-order chi connectivity index (χ0) is 21.7. The molecule has 2 aliphatic rings. The number of rotatable bonds is 3. The molecular formula is C21H37IN6O3. The van der Waals surface area contributed by atoms with E-state index in [1.165, 1.54) is 0 Å². The first-order chi connectivity index (χ1) is 14.2. The summed E-state index contributed by atoms with van der Waals surface area (Å²) >= 11 is 0.